The van der Waals surface area contributed by atoms with Crippen molar-refractivity contribution in [2.75, 3.05) is 0 Å². The largest absolute Gasteiger partial charge is 0.490 e. The average Bonchev–Trinajstić information content (AvgIpc) is 1.69. The predicted octanol–water partition coefficient (Wildman–Crippen LogP) is 0.573. The van der Waals surface area contributed by atoms with Gasteiger partial charge < -0.3 is 9.67 Å². The van der Waals surface area contributed by atoms with Crippen LogP contribution < -0.4 is 0 Å². The zero-order valence-electron chi connectivity index (χ0n) is 4.10. The van der Waals surface area contributed by atoms with Crippen LogP contribution in [0.3, 0.4) is 0 Å². The number of carboxylic acids is 1. The van der Waals surface area contributed by atoms with Crippen LogP contribution in [-0.2, 0) is 9.36 Å². The normalized spacial score (nSPS) is 9.67. The van der Waals surface area contributed by atoms with Crippen molar-refractivity contribution in [3.05, 3.63) is 0 Å². The van der Waals surface area contributed by atoms with Gasteiger partial charge in [-0.25, -0.2) is 4.79 Å². The summed E-state index contributed by atoms with van der Waals surface area (Å²) in [6.07, 6.45) is -5.08. The van der Waals surface area contributed by atoms with Gasteiger partial charge in [0.2, 0.25) is 0 Å². The van der Waals surface area contributed by atoms with Crippen molar-refractivity contribution < 1.29 is 27.6 Å². The maximum absolute atomic E-state index is 10.6. The SMILES string of the molecule is O=C(O)C(F)(F)F.O=[PH3]. The number of carboxylic acid groups (broad SMARTS) is 1. The van der Waals surface area contributed by atoms with Crippen molar-refractivity contribution in [1.82, 2.24) is 0 Å². The van der Waals surface area contributed by atoms with Crippen molar-refractivity contribution in [3.8, 4) is 0 Å². The lowest BCUT2D eigenvalue weighted by Crippen LogP contribution is -2.21. The van der Waals surface area contributed by atoms with E-state index in [4.69, 9.17) is 14.5 Å². The molecule has 0 spiro atoms. The van der Waals surface area contributed by atoms with Crippen molar-refractivity contribution >= 4 is 15.1 Å². The first-order valence-electron chi connectivity index (χ1n) is 1.53. The Balaban J connectivity index is 0. The van der Waals surface area contributed by atoms with E-state index in [0.717, 1.165) is 0 Å². The number of hydrogen-bond donors (Lipinski definition) is 1. The monoisotopic (exact) mass is 164 g/mol. The predicted molar refractivity (Wildman–Crippen MR) is 25.5 cm³/mol. The summed E-state index contributed by atoms with van der Waals surface area (Å²) in [6.45, 7) is 0. The number of aliphatic carboxylic acids is 1. The molecule has 1 atom stereocenters. The van der Waals surface area contributed by atoms with Gasteiger partial charge in [-0.15, -0.1) is 0 Å². The van der Waals surface area contributed by atoms with Crippen LogP contribution in [0, 0.1) is 0 Å². The van der Waals surface area contributed by atoms with Crippen LogP contribution in [0.15, 0.2) is 0 Å². The van der Waals surface area contributed by atoms with Crippen LogP contribution in [0.25, 0.3) is 0 Å². The summed E-state index contributed by atoms with van der Waals surface area (Å²) in [4.78, 5) is 8.90. The Hall–Kier alpha value is -0.510. The Morgan fingerprint density at radius 1 is 1.33 bits per heavy atom. The molecule has 56 valence electrons. The van der Waals surface area contributed by atoms with E-state index >= 15 is 0 Å². The van der Waals surface area contributed by atoms with Crippen molar-refractivity contribution in [3.63, 3.8) is 0 Å². The summed E-state index contributed by atoms with van der Waals surface area (Å²) in [6, 6.07) is 0. The molecule has 0 amide bonds. The fraction of sp³-hybridized carbons (Fsp3) is 0.500. The van der Waals surface area contributed by atoms with E-state index in [9.17, 15) is 13.2 Å². The fourth-order valence-corrected chi connectivity index (χ4v) is 0. The van der Waals surface area contributed by atoms with E-state index in [1.54, 1.807) is 0 Å². The molecule has 0 aromatic rings. The number of halogens is 3. The first-order valence-corrected chi connectivity index (χ1v) is 2.11. The molecule has 0 aromatic carbocycles. The highest BCUT2D eigenvalue weighted by Crippen LogP contribution is 2.13. The molecule has 7 heteroatoms. The van der Waals surface area contributed by atoms with Crippen LogP contribution in [0.4, 0.5) is 13.2 Å². The van der Waals surface area contributed by atoms with Gasteiger partial charge in [0.1, 0.15) is 0 Å². The number of hydrogen-bond acceptors (Lipinski definition) is 2. The van der Waals surface area contributed by atoms with Gasteiger partial charge in [-0.1, -0.05) is 0 Å². The van der Waals surface area contributed by atoms with Gasteiger partial charge in [0.15, 0.2) is 0 Å². The Kier molecular flexibility index (Phi) is 5.50. The Labute approximate surface area is 50.1 Å². The minimum absolute atomic E-state index is 0.611. The quantitative estimate of drug-likeness (QED) is 0.532. The topological polar surface area (TPSA) is 54.4 Å². The molecule has 0 aromatic heterocycles. The maximum atomic E-state index is 10.6. The van der Waals surface area contributed by atoms with Gasteiger partial charge >= 0.3 is 12.1 Å². The molecule has 0 aliphatic heterocycles. The number of rotatable bonds is 0. The minimum Gasteiger partial charge on any atom is -0.475 e. The lowest BCUT2D eigenvalue weighted by Gasteiger charge is -1.93. The first-order chi connectivity index (χ1) is 3.94. The second kappa shape index (κ2) is 4.38. The molecule has 0 aliphatic rings. The van der Waals surface area contributed by atoms with Crippen LogP contribution in [0.2, 0.25) is 0 Å². The fourth-order valence-electron chi connectivity index (χ4n) is 0. The van der Waals surface area contributed by atoms with Gasteiger partial charge in [0.25, 0.3) is 0 Å². The molecule has 0 saturated heterocycles. The van der Waals surface area contributed by atoms with E-state index in [1.807, 2.05) is 0 Å². The highest BCUT2D eigenvalue weighted by Gasteiger charge is 2.38. The average molecular weight is 164 g/mol. The van der Waals surface area contributed by atoms with Crippen LogP contribution in [-0.4, -0.2) is 17.3 Å². The Morgan fingerprint density at radius 3 is 1.44 bits per heavy atom. The van der Waals surface area contributed by atoms with E-state index in [-0.39, 0.29) is 0 Å². The van der Waals surface area contributed by atoms with Gasteiger partial charge in [0.05, 0.1) is 9.12 Å². The molecule has 0 bridgehead atoms. The zero-order valence-corrected chi connectivity index (χ0v) is 5.52. The summed E-state index contributed by atoms with van der Waals surface area (Å²) in [7, 11) is 0.611. The maximum Gasteiger partial charge on any atom is 0.490 e. The lowest BCUT2D eigenvalue weighted by molar-refractivity contribution is -0.192. The molecule has 0 heterocycles. The second-order valence-electron chi connectivity index (χ2n) is 0.803. The van der Waals surface area contributed by atoms with Crippen molar-refractivity contribution in [2.24, 2.45) is 0 Å². The summed E-state index contributed by atoms with van der Waals surface area (Å²) in [5.41, 5.74) is 0. The number of carbonyl (C=O) groups is 1. The first kappa shape index (κ1) is 11.3. The van der Waals surface area contributed by atoms with Crippen LogP contribution in [0.1, 0.15) is 0 Å². The third kappa shape index (κ3) is 7.49. The lowest BCUT2D eigenvalue weighted by atomic mass is 10.7. The van der Waals surface area contributed by atoms with Crippen molar-refractivity contribution in [2.45, 2.75) is 6.18 Å². The van der Waals surface area contributed by atoms with E-state index < -0.39 is 12.1 Å². The molecule has 0 aliphatic carbocycles. The summed E-state index contributed by atoms with van der Waals surface area (Å²) < 4.78 is 40.0. The smallest absolute Gasteiger partial charge is 0.475 e. The highest BCUT2D eigenvalue weighted by molar-refractivity contribution is 7.00. The van der Waals surface area contributed by atoms with Crippen molar-refractivity contribution in [1.29, 1.82) is 0 Å². The van der Waals surface area contributed by atoms with Crippen LogP contribution >= 0.6 is 9.12 Å². The number of alkyl halides is 3. The molecule has 0 rings (SSSR count). The Bertz CT molecular complexity index is 99.7. The molecule has 0 radical (unpaired) electrons. The zero-order chi connectivity index (χ0) is 8.08. The third-order valence-corrected chi connectivity index (χ3v) is 0.243. The molecule has 0 fully saturated rings. The van der Waals surface area contributed by atoms with Gasteiger partial charge in [-0.3, -0.25) is 0 Å². The van der Waals surface area contributed by atoms with Gasteiger partial charge in [0, 0.05) is 0 Å². The molecule has 1 unspecified atom stereocenters. The van der Waals surface area contributed by atoms with Crippen LogP contribution in [0.5, 0.6) is 0 Å². The summed E-state index contributed by atoms with van der Waals surface area (Å²) >= 11 is 0. The Morgan fingerprint density at radius 2 is 1.44 bits per heavy atom. The van der Waals surface area contributed by atoms with E-state index in [1.165, 1.54) is 0 Å². The molecular formula is C2H4F3O3P. The van der Waals surface area contributed by atoms with E-state index in [0.29, 0.717) is 9.12 Å². The molecular weight excluding hydrogens is 160 g/mol. The van der Waals surface area contributed by atoms with Gasteiger partial charge in [-0.2, -0.15) is 13.2 Å². The standard InChI is InChI=1S/C2HF3O2.H3OP/c3-2(4,5)1(6)7;1-2/h(H,6,7);2H3. The highest BCUT2D eigenvalue weighted by atomic mass is 31.0. The summed E-state index contributed by atoms with van der Waals surface area (Å²) in [5, 5.41) is 7.12. The minimum atomic E-state index is -5.08. The second-order valence-corrected chi connectivity index (χ2v) is 0.803. The van der Waals surface area contributed by atoms with E-state index in [2.05, 4.69) is 0 Å². The molecule has 3 nitrogen and oxygen atoms in total. The molecule has 0 saturated carbocycles. The van der Waals surface area contributed by atoms with Gasteiger partial charge in [-0.05, 0) is 0 Å². The summed E-state index contributed by atoms with van der Waals surface area (Å²) in [5.74, 6) is -2.76. The molecule has 9 heavy (non-hydrogen) atoms. The third-order valence-electron chi connectivity index (χ3n) is 0.243. The molecule has 1 N–H and O–H groups in total.